The fourth-order valence-corrected chi connectivity index (χ4v) is 2.30. The number of nitrogens with zero attached hydrogens (tertiary/aromatic N) is 1. The predicted octanol–water partition coefficient (Wildman–Crippen LogP) is 4.80. The van der Waals surface area contributed by atoms with Crippen LogP contribution in [0.1, 0.15) is 15.9 Å². The normalized spacial score (nSPS) is 10.3. The molecule has 3 rings (SSSR count). The van der Waals surface area contributed by atoms with Crippen molar-refractivity contribution >= 4 is 17.6 Å². The number of carbonyl (C=O) groups is 1. The van der Waals surface area contributed by atoms with Gasteiger partial charge in [0, 0.05) is 17.3 Å². The first-order valence-electron chi connectivity index (χ1n) is 7.45. The van der Waals surface area contributed by atoms with E-state index in [-0.39, 0.29) is 5.56 Å². The van der Waals surface area contributed by atoms with Crippen LogP contribution in [-0.4, -0.2) is 16.1 Å². The van der Waals surface area contributed by atoms with Gasteiger partial charge in [-0.2, -0.15) is 0 Å². The number of aromatic nitrogens is 1. The minimum absolute atomic E-state index is 0.108. The number of carboxylic acid groups (broad SMARTS) is 1. The molecule has 0 saturated heterocycles. The highest BCUT2D eigenvalue weighted by Gasteiger charge is 2.05. The number of hydrogen-bond donors (Lipinski definition) is 1. The summed E-state index contributed by atoms with van der Waals surface area (Å²) < 4.78 is 11.3. The van der Waals surface area contributed by atoms with Crippen LogP contribution in [0.15, 0.2) is 66.9 Å². The quantitative estimate of drug-likeness (QED) is 0.687. The summed E-state index contributed by atoms with van der Waals surface area (Å²) in [7, 11) is 0. The van der Waals surface area contributed by atoms with Crippen molar-refractivity contribution in [2.24, 2.45) is 0 Å². The molecule has 0 fully saturated rings. The van der Waals surface area contributed by atoms with E-state index in [2.05, 4.69) is 4.98 Å². The minimum atomic E-state index is -1.03. The van der Waals surface area contributed by atoms with Crippen molar-refractivity contribution in [3.05, 3.63) is 83.0 Å². The molecular formula is C19H14ClNO4. The number of pyridine rings is 1. The molecule has 0 bridgehead atoms. The van der Waals surface area contributed by atoms with Gasteiger partial charge in [0.15, 0.2) is 0 Å². The van der Waals surface area contributed by atoms with E-state index in [1.54, 1.807) is 24.3 Å². The zero-order valence-corrected chi connectivity index (χ0v) is 13.8. The largest absolute Gasteiger partial charge is 0.489 e. The predicted molar refractivity (Wildman–Crippen MR) is 93.5 cm³/mol. The third-order valence-corrected chi connectivity index (χ3v) is 3.56. The third-order valence-electron chi connectivity index (χ3n) is 3.32. The summed E-state index contributed by atoms with van der Waals surface area (Å²) in [6, 6.07) is 17.5. The fraction of sp³-hybridized carbons (Fsp3) is 0.0526. The summed E-state index contributed by atoms with van der Waals surface area (Å²) in [6.45, 7) is 0.416. The Hall–Kier alpha value is -3.05. The van der Waals surface area contributed by atoms with Crippen molar-refractivity contribution in [3.63, 3.8) is 0 Å². The van der Waals surface area contributed by atoms with Crippen molar-refractivity contribution in [2.75, 3.05) is 0 Å². The average molecular weight is 356 g/mol. The molecule has 126 valence electrons. The van der Waals surface area contributed by atoms with Gasteiger partial charge in [0.2, 0.25) is 5.88 Å². The van der Waals surface area contributed by atoms with Gasteiger partial charge in [0.25, 0.3) is 0 Å². The van der Waals surface area contributed by atoms with E-state index in [1.165, 1.54) is 18.3 Å². The van der Waals surface area contributed by atoms with Crippen molar-refractivity contribution in [3.8, 4) is 17.4 Å². The van der Waals surface area contributed by atoms with Crippen LogP contribution in [0.25, 0.3) is 0 Å². The molecule has 25 heavy (non-hydrogen) atoms. The van der Waals surface area contributed by atoms with Gasteiger partial charge in [-0.25, -0.2) is 9.78 Å². The Labute approximate surface area is 149 Å². The minimum Gasteiger partial charge on any atom is -0.489 e. The lowest BCUT2D eigenvalue weighted by Crippen LogP contribution is -1.97. The van der Waals surface area contributed by atoms with E-state index in [1.807, 2.05) is 24.3 Å². The number of ether oxygens (including phenoxy) is 2. The molecule has 6 heteroatoms. The van der Waals surface area contributed by atoms with E-state index in [9.17, 15) is 4.79 Å². The Morgan fingerprint density at radius 2 is 1.80 bits per heavy atom. The molecule has 0 radical (unpaired) electrons. The van der Waals surface area contributed by atoms with Gasteiger partial charge < -0.3 is 14.6 Å². The summed E-state index contributed by atoms with van der Waals surface area (Å²) >= 11 is 5.94. The van der Waals surface area contributed by atoms with Gasteiger partial charge in [-0.05, 0) is 48.0 Å². The standard InChI is InChI=1S/C19H14ClNO4/c20-15-3-1-2-13(10-15)12-24-16-5-7-17(8-6-16)25-18-9-4-14(11-21-18)19(22)23/h1-11H,12H2,(H,22,23). The Kier molecular flexibility index (Phi) is 5.16. The van der Waals surface area contributed by atoms with Crippen LogP contribution >= 0.6 is 11.6 Å². The van der Waals surface area contributed by atoms with Crippen molar-refractivity contribution in [1.82, 2.24) is 4.98 Å². The maximum Gasteiger partial charge on any atom is 0.337 e. The smallest absolute Gasteiger partial charge is 0.337 e. The van der Waals surface area contributed by atoms with Crippen molar-refractivity contribution in [2.45, 2.75) is 6.61 Å². The van der Waals surface area contributed by atoms with E-state index < -0.39 is 5.97 Å². The summed E-state index contributed by atoms with van der Waals surface area (Å²) in [5.41, 5.74) is 1.09. The first kappa shape index (κ1) is 16.8. The lowest BCUT2D eigenvalue weighted by molar-refractivity contribution is 0.0696. The Bertz CT molecular complexity index is 863. The van der Waals surface area contributed by atoms with Crippen LogP contribution in [0.5, 0.6) is 17.4 Å². The lowest BCUT2D eigenvalue weighted by atomic mass is 10.2. The number of hydrogen-bond acceptors (Lipinski definition) is 4. The SMILES string of the molecule is O=C(O)c1ccc(Oc2ccc(OCc3cccc(Cl)c3)cc2)nc1. The average Bonchev–Trinajstić information content (AvgIpc) is 2.62. The van der Waals surface area contributed by atoms with Crippen LogP contribution in [0.4, 0.5) is 0 Å². The lowest BCUT2D eigenvalue weighted by Gasteiger charge is -2.08. The molecule has 1 aromatic heterocycles. The highest BCUT2D eigenvalue weighted by atomic mass is 35.5. The van der Waals surface area contributed by atoms with Crippen LogP contribution in [-0.2, 0) is 6.61 Å². The number of carboxylic acids is 1. The maximum absolute atomic E-state index is 10.8. The molecule has 0 amide bonds. The first-order valence-corrected chi connectivity index (χ1v) is 7.82. The van der Waals surface area contributed by atoms with E-state index >= 15 is 0 Å². The maximum atomic E-state index is 10.8. The summed E-state index contributed by atoms with van der Waals surface area (Å²) in [5.74, 6) is 0.560. The number of aromatic carboxylic acids is 1. The van der Waals surface area contributed by atoms with Gasteiger partial charge in [-0.1, -0.05) is 23.7 Å². The Morgan fingerprint density at radius 3 is 2.44 bits per heavy atom. The van der Waals surface area contributed by atoms with Crippen LogP contribution < -0.4 is 9.47 Å². The molecule has 1 heterocycles. The Morgan fingerprint density at radius 1 is 1.04 bits per heavy atom. The zero-order valence-electron chi connectivity index (χ0n) is 13.1. The monoisotopic (exact) mass is 355 g/mol. The van der Waals surface area contributed by atoms with Gasteiger partial charge in [0.1, 0.15) is 18.1 Å². The zero-order chi connectivity index (χ0) is 17.6. The molecule has 5 nitrogen and oxygen atoms in total. The molecule has 0 spiro atoms. The second kappa shape index (κ2) is 7.68. The third kappa shape index (κ3) is 4.71. The van der Waals surface area contributed by atoms with Gasteiger partial charge in [0.05, 0.1) is 5.56 Å². The second-order valence-corrected chi connectivity index (χ2v) is 5.62. The molecule has 0 saturated carbocycles. The summed E-state index contributed by atoms with van der Waals surface area (Å²) in [6.07, 6.45) is 1.25. The summed E-state index contributed by atoms with van der Waals surface area (Å²) in [4.78, 5) is 14.7. The van der Waals surface area contributed by atoms with Gasteiger partial charge in [-0.3, -0.25) is 0 Å². The van der Waals surface area contributed by atoms with E-state index in [0.29, 0.717) is 29.0 Å². The topological polar surface area (TPSA) is 68.7 Å². The highest BCUT2D eigenvalue weighted by Crippen LogP contribution is 2.23. The molecule has 0 aliphatic carbocycles. The molecule has 0 aliphatic rings. The first-order chi connectivity index (χ1) is 12.1. The Balaban J connectivity index is 1.59. The van der Waals surface area contributed by atoms with Gasteiger partial charge in [-0.15, -0.1) is 0 Å². The van der Waals surface area contributed by atoms with Crippen molar-refractivity contribution < 1.29 is 19.4 Å². The number of halogens is 1. The van der Waals surface area contributed by atoms with E-state index in [0.717, 1.165) is 5.56 Å². The summed E-state index contributed by atoms with van der Waals surface area (Å²) in [5, 5.41) is 9.51. The number of rotatable bonds is 6. The van der Waals surface area contributed by atoms with Crippen LogP contribution in [0, 0.1) is 0 Å². The molecule has 2 aromatic carbocycles. The van der Waals surface area contributed by atoms with Crippen LogP contribution in [0.2, 0.25) is 5.02 Å². The van der Waals surface area contributed by atoms with E-state index in [4.69, 9.17) is 26.2 Å². The highest BCUT2D eigenvalue weighted by molar-refractivity contribution is 6.30. The number of benzene rings is 2. The molecule has 1 N–H and O–H groups in total. The van der Waals surface area contributed by atoms with Crippen LogP contribution in [0.3, 0.4) is 0 Å². The molecular weight excluding hydrogens is 342 g/mol. The fourth-order valence-electron chi connectivity index (χ4n) is 2.09. The van der Waals surface area contributed by atoms with Gasteiger partial charge >= 0.3 is 5.97 Å². The van der Waals surface area contributed by atoms with Crippen molar-refractivity contribution in [1.29, 1.82) is 0 Å². The molecule has 0 aliphatic heterocycles. The molecule has 0 unspecified atom stereocenters. The second-order valence-electron chi connectivity index (χ2n) is 5.18. The molecule has 3 aromatic rings. The molecule has 0 atom stereocenters.